The first kappa shape index (κ1) is 18.6. The molecule has 2 N–H and O–H groups in total. The molecular weight excluding hydrogens is 352 g/mol. The number of carbonyl (C=O) groups is 1. The van der Waals surface area contributed by atoms with Gasteiger partial charge in [-0.15, -0.1) is 0 Å². The molecule has 0 bridgehead atoms. The Morgan fingerprint density at radius 1 is 1.19 bits per heavy atom. The number of amides is 1. The van der Waals surface area contributed by atoms with Crippen LogP contribution in [0.15, 0.2) is 53.4 Å². The molecule has 0 spiro atoms. The van der Waals surface area contributed by atoms with Gasteiger partial charge in [0.25, 0.3) is 5.91 Å². The second kappa shape index (κ2) is 7.99. The quantitative estimate of drug-likeness (QED) is 0.814. The number of rotatable bonds is 6. The lowest BCUT2D eigenvalue weighted by Crippen LogP contribution is -2.31. The van der Waals surface area contributed by atoms with E-state index in [1.54, 1.807) is 6.07 Å². The summed E-state index contributed by atoms with van der Waals surface area (Å²) >= 11 is 0. The second-order valence-corrected chi connectivity index (χ2v) is 8.10. The van der Waals surface area contributed by atoms with Crippen molar-refractivity contribution in [2.75, 3.05) is 18.5 Å². The van der Waals surface area contributed by atoms with E-state index in [-0.39, 0.29) is 23.5 Å². The first-order chi connectivity index (χ1) is 12.4. The van der Waals surface area contributed by atoms with Crippen LogP contribution >= 0.6 is 0 Å². The van der Waals surface area contributed by atoms with Crippen LogP contribution in [0.1, 0.15) is 28.8 Å². The van der Waals surface area contributed by atoms with Crippen molar-refractivity contribution >= 4 is 21.6 Å². The minimum Gasteiger partial charge on any atom is -0.377 e. The molecule has 7 heteroatoms. The normalized spacial score (nSPS) is 17.2. The van der Waals surface area contributed by atoms with Gasteiger partial charge in [0.15, 0.2) is 0 Å². The Labute approximate surface area is 153 Å². The lowest BCUT2D eigenvalue weighted by atomic mass is 10.2. The third-order valence-electron chi connectivity index (χ3n) is 4.23. The molecule has 138 valence electrons. The molecule has 1 atom stereocenters. The van der Waals surface area contributed by atoms with E-state index in [0.29, 0.717) is 17.9 Å². The first-order valence-electron chi connectivity index (χ1n) is 8.53. The van der Waals surface area contributed by atoms with E-state index in [9.17, 15) is 13.2 Å². The molecule has 1 fully saturated rings. The van der Waals surface area contributed by atoms with E-state index < -0.39 is 10.0 Å². The highest BCUT2D eigenvalue weighted by molar-refractivity contribution is 7.89. The number of nitrogens with one attached hydrogen (secondary N) is 2. The fourth-order valence-electron chi connectivity index (χ4n) is 2.80. The van der Waals surface area contributed by atoms with Gasteiger partial charge in [0.2, 0.25) is 10.0 Å². The van der Waals surface area contributed by atoms with Crippen molar-refractivity contribution in [2.24, 2.45) is 0 Å². The maximum atomic E-state index is 12.3. The molecule has 1 aliphatic heterocycles. The molecule has 6 nitrogen and oxygen atoms in total. The van der Waals surface area contributed by atoms with Crippen molar-refractivity contribution in [3.05, 3.63) is 59.7 Å². The van der Waals surface area contributed by atoms with Crippen LogP contribution in [0.4, 0.5) is 5.69 Å². The summed E-state index contributed by atoms with van der Waals surface area (Å²) in [6.07, 6.45) is 1.75. The number of aryl methyl sites for hydroxylation is 1. The van der Waals surface area contributed by atoms with Crippen LogP contribution in [0, 0.1) is 6.92 Å². The molecule has 0 saturated carbocycles. The van der Waals surface area contributed by atoms with Crippen LogP contribution in [-0.4, -0.2) is 33.6 Å². The summed E-state index contributed by atoms with van der Waals surface area (Å²) < 4.78 is 32.6. The zero-order chi connectivity index (χ0) is 18.6. The number of ether oxygens (including phenoxy) is 1. The van der Waals surface area contributed by atoms with Gasteiger partial charge in [-0.25, -0.2) is 13.1 Å². The van der Waals surface area contributed by atoms with Crippen molar-refractivity contribution in [1.82, 2.24) is 4.72 Å². The van der Waals surface area contributed by atoms with Gasteiger partial charge in [0.1, 0.15) is 0 Å². The molecule has 0 radical (unpaired) electrons. The van der Waals surface area contributed by atoms with E-state index in [1.807, 2.05) is 25.1 Å². The molecule has 0 aromatic heterocycles. The third-order valence-corrected chi connectivity index (χ3v) is 5.67. The highest BCUT2D eigenvalue weighted by atomic mass is 32.2. The minimum atomic E-state index is -3.62. The molecule has 0 unspecified atom stereocenters. The van der Waals surface area contributed by atoms with Crippen molar-refractivity contribution in [3.8, 4) is 0 Å². The maximum Gasteiger partial charge on any atom is 0.255 e. The number of hydrogen-bond acceptors (Lipinski definition) is 4. The molecule has 2 aromatic rings. The fourth-order valence-corrected chi connectivity index (χ4v) is 3.87. The molecule has 3 rings (SSSR count). The number of sulfonamides is 1. The Morgan fingerprint density at radius 3 is 2.62 bits per heavy atom. The van der Waals surface area contributed by atoms with Gasteiger partial charge < -0.3 is 10.1 Å². The van der Waals surface area contributed by atoms with Crippen LogP contribution in [0.3, 0.4) is 0 Å². The zero-order valence-electron chi connectivity index (χ0n) is 14.6. The van der Waals surface area contributed by atoms with Gasteiger partial charge in [0.05, 0.1) is 11.0 Å². The monoisotopic (exact) mass is 374 g/mol. The zero-order valence-corrected chi connectivity index (χ0v) is 15.4. The van der Waals surface area contributed by atoms with E-state index in [1.165, 1.54) is 24.3 Å². The van der Waals surface area contributed by atoms with E-state index in [0.717, 1.165) is 18.4 Å². The third kappa shape index (κ3) is 4.69. The van der Waals surface area contributed by atoms with Crippen molar-refractivity contribution in [1.29, 1.82) is 0 Å². The highest BCUT2D eigenvalue weighted by Crippen LogP contribution is 2.15. The summed E-state index contributed by atoms with van der Waals surface area (Å²) in [7, 11) is -3.62. The van der Waals surface area contributed by atoms with E-state index in [2.05, 4.69) is 10.0 Å². The number of carbonyl (C=O) groups excluding carboxylic acids is 1. The predicted molar refractivity (Wildman–Crippen MR) is 99.7 cm³/mol. The molecule has 2 aromatic carbocycles. The van der Waals surface area contributed by atoms with Crippen molar-refractivity contribution < 1.29 is 17.9 Å². The summed E-state index contributed by atoms with van der Waals surface area (Å²) in [5, 5.41) is 2.80. The maximum absolute atomic E-state index is 12.3. The highest BCUT2D eigenvalue weighted by Gasteiger charge is 2.20. The smallest absolute Gasteiger partial charge is 0.255 e. The summed E-state index contributed by atoms with van der Waals surface area (Å²) in [6.45, 7) is 2.88. The van der Waals surface area contributed by atoms with Gasteiger partial charge in [-0.2, -0.15) is 0 Å². The topological polar surface area (TPSA) is 84.5 Å². The largest absolute Gasteiger partial charge is 0.377 e. The molecule has 0 aliphatic carbocycles. The van der Waals surface area contributed by atoms with Crippen molar-refractivity contribution in [2.45, 2.75) is 30.8 Å². The van der Waals surface area contributed by atoms with Crippen LogP contribution < -0.4 is 10.0 Å². The van der Waals surface area contributed by atoms with Crippen LogP contribution in [0.2, 0.25) is 0 Å². The average molecular weight is 374 g/mol. The van der Waals surface area contributed by atoms with Gasteiger partial charge in [-0.1, -0.05) is 12.1 Å². The SMILES string of the molecule is Cc1cccc(NC(=O)c2ccc(S(=O)(=O)NC[C@H]3CCCO3)cc2)c1. The van der Waals surface area contributed by atoms with Crippen LogP contribution in [0.25, 0.3) is 0 Å². The number of benzene rings is 2. The lowest BCUT2D eigenvalue weighted by Gasteiger charge is -2.12. The lowest BCUT2D eigenvalue weighted by molar-refractivity contribution is 0.102. The van der Waals surface area contributed by atoms with Gasteiger partial charge in [-0.3, -0.25) is 4.79 Å². The van der Waals surface area contributed by atoms with Crippen LogP contribution in [-0.2, 0) is 14.8 Å². The molecular formula is C19H22N2O4S. The first-order valence-corrected chi connectivity index (χ1v) is 10.0. The summed E-state index contributed by atoms with van der Waals surface area (Å²) in [5.74, 6) is -0.285. The predicted octanol–water partition coefficient (Wildman–Crippen LogP) is 2.70. The molecule has 1 amide bonds. The Bertz CT molecular complexity index is 873. The van der Waals surface area contributed by atoms with E-state index >= 15 is 0 Å². The summed E-state index contributed by atoms with van der Waals surface area (Å²) in [5.41, 5.74) is 2.14. The standard InChI is InChI=1S/C19H22N2O4S/c1-14-4-2-5-16(12-14)21-19(22)15-7-9-18(10-8-15)26(23,24)20-13-17-6-3-11-25-17/h2,4-5,7-10,12,17,20H,3,6,11,13H2,1H3,(H,21,22)/t17-/m1/s1. The Hall–Kier alpha value is -2.22. The van der Waals surface area contributed by atoms with Crippen molar-refractivity contribution in [3.63, 3.8) is 0 Å². The fraction of sp³-hybridized carbons (Fsp3) is 0.316. The Balaban J connectivity index is 1.64. The van der Waals surface area contributed by atoms with Crippen LogP contribution in [0.5, 0.6) is 0 Å². The van der Waals surface area contributed by atoms with E-state index in [4.69, 9.17) is 4.74 Å². The molecule has 26 heavy (non-hydrogen) atoms. The molecule has 1 heterocycles. The number of hydrogen-bond donors (Lipinski definition) is 2. The molecule has 1 aliphatic rings. The Morgan fingerprint density at radius 2 is 1.96 bits per heavy atom. The van der Waals surface area contributed by atoms with Gasteiger partial charge in [-0.05, 0) is 61.7 Å². The summed E-state index contributed by atoms with van der Waals surface area (Å²) in [4.78, 5) is 12.4. The summed E-state index contributed by atoms with van der Waals surface area (Å²) in [6, 6.07) is 13.4. The van der Waals surface area contributed by atoms with Gasteiger partial charge in [0, 0.05) is 24.4 Å². The Kier molecular flexibility index (Phi) is 5.70. The molecule has 1 saturated heterocycles. The second-order valence-electron chi connectivity index (χ2n) is 6.33. The minimum absolute atomic E-state index is 0.0656. The number of anilines is 1. The van der Waals surface area contributed by atoms with Gasteiger partial charge >= 0.3 is 0 Å². The average Bonchev–Trinajstić information content (AvgIpc) is 3.14.